The summed E-state index contributed by atoms with van der Waals surface area (Å²) in [5.41, 5.74) is -1.66. The van der Waals surface area contributed by atoms with Gasteiger partial charge in [-0.25, -0.2) is 15.5 Å². The minimum absolute atomic E-state index is 0.0225. The first-order chi connectivity index (χ1) is 17.4. The minimum atomic E-state index is -2.08. The predicted molar refractivity (Wildman–Crippen MR) is 127 cm³/mol. The molecule has 2 heterocycles. The number of carbonyl (C=O) groups is 1. The molecule has 0 unspecified atom stereocenters. The molecule has 2 aromatic carbocycles. The van der Waals surface area contributed by atoms with E-state index in [0.717, 1.165) is 15.7 Å². The van der Waals surface area contributed by atoms with Crippen molar-refractivity contribution in [3.8, 4) is 0 Å². The van der Waals surface area contributed by atoms with E-state index in [9.17, 15) is 19.5 Å². The van der Waals surface area contributed by atoms with E-state index in [1.165, 1.54) is 13.1 Å². The lowest BCUT2D eigenvalue weighted by molar-refractivity contribution is -0.194. The lowest BCUT2D eigenvalue weighted by atomic mass is 9.95. The van der Waals surface area contributed by atoms with Crippen molar-refractivity contribution in [3.05, 3.63) is 104 Å². The molecule has 0 bridgehead atoms. The molecule has 1 aliphatic heterocycles. The summed E-state index contributed by atoms with van der Waals surface area (Å²) in [6.45, 7) is 1.21. The Bertz CT molecular complexity index is 1290. The van der Waals surface area contributed by atoms with Gasteiger partial charge in [0.05, 0.1) is 19.8 Å². The third-order valence-electron chi connectivity index (χ3n) is 6.01. The Balaban J connectivity index is 1.70. The second-order valence-corrected chi connectivity index (χ2v) is 8.48. The molecule has 0 amide bonds. The molecular formula is C25H27N3O8. The molecule has 3 aromatic rings. The van der Waals surface area contributed by atoms with E-state index in [-0.39, 0.29) is 18.8 Å². The zero-order valence-corrected chi connectivity index (χ0v) is 19.5. The van der Waals surface area contributed by atoms with Gasteiger partial charge in [-0.15, -0.1) is 0 Å². The van der Waals surface area contributed by atoms with Crippen molar-refractivity contribution in [1.29, 1.82) is 0 Å². The Hall–Kier alpha value is -3.61. The third-order valence-corrected chi connectivity index (χ3v) is 6.01. The van der Waals surface area contributed by atoms with Crippen LogP contribution in [-0.4, -0.2) is 45.0 Å². The van der Waals surface area contributed by atoms with Crippen LogP contribution < -0.4 is 17.1 Å². The van der Waals surface area contributed by atoms with Crippen molar-refractivity contribution in [1.82, 2.24) is 9.55 Å². The monoisotopic (exact) mass is 497 g/mol. The summed E-state index contributed by atoms with van der Waals surface area (Å²) in [6, 6.07) is 18.3. The highest BCUT2D eigenvalue weighted by Gasteiger charge is 2.63. The summed E-state index contributed by atoms with van der Waals surface area (Å²) >= 11 is 0. The van der Waals surface area contributed by atoms with Crippen molar-refractivity contribution in [2.75, 3.05) is 6.61 Å². The van der Waals surface area contributed by atoms with Gasteiger partial charge in [-0.2, -0.15) is 0 Å². The summed E-state index contributed by atoms with van der Waals surface area (Å²) in [6.07, 6.45) is -2.57. The fourth-order valence-electron chi connectivity index (χ4n) is 4.13. The average molecular weight is 498 g/mol. The number of aromatic amines is 1. The van der Waals surface area contributed by atoms with Crippen LogP contribution in [0.25, 0.3) is 0 Å². The first kappa shape index (κ1) is 25.5. The van der Waals surface area contributed by atoms with Crippen molar-refractivity contribution in [2.24, 2.45) is 5.90 Å². The van der Waals surface area contributed by atoms with E-state index in [1.807, 2.05) is 60.7 Å². The molecule has 190 valence electrons. The maximum atomic E-state index is 12.7. The van der Waals surface area contributed by atoms with Gasteiger partial charge < -0.3 is 19.3 Å². The van der Waals surface area contributed by atoms with Crippen LogP contribution in [-0.2, 0) is 37.1 Å². The molecule has 1 saturated heterocycles. The van der Waals surface area contributed by atoms with Gasteiger partial charge in [-0.1, -0.05) is 60.7 Å². The van der Waals surface area contributed by atoms with Gasteiger partial charge >= 0.3 is 11.7 Å². The number of hydrogen-bond donors (Lipinski definition) is 3. The third kappa shape index (κ3) is 5.15. The molecule has 0 saturated carbocycles. The van der Waals surface area contributed by atoms with E-state index < -0.39 is 47.9 Å². The molecule has 1 aliphatic rings. The van der Waals surface area contributed by atoms with Crippen molar-refractivity contribution < 1.29 is 28.9 Å². The molecule has 1 fully saturated rings. The smallest absolute Gasteiger partial charge is 0.341 e. The Morgan fingerprint density at radius 2 is 1.69 bits per heavy atom. The number of rotatable bonds is 10. The number of nitrogens with zero attached hydrogens (tertiary/aromatic N) is 1. The van der Waals surface area contributed by atoms with Crippen LogP contribution in [0.3, 0.4) is 0 Å². The van der Waals surface area contributed by atoms with Crippen LogP contribution >= 0.6 is 0 Å². The fraction of sp³-hybridized carbons (Fsp3) is 0.320. The highest BCUT2D eigenvalue weighted by atomic mass is 16.7. The number of H-pyrrole nitrogens is 1. The largest absolute Gasteiger partial charge is 0.479 e. The molecule has 4 rings (SSSR count). The van der Waals surface area contributed by atoms with Gasteiger partial charge in [-0.05, 0) is 18.1 Å². The zero-order chi connectivity index (χ0) is 25.7. The lowest BCUT2D eigenvalue weighted by Crippen LogP contribution is -2.55. The van der Waals surface area contributed by atoms with Crippen molar-refractivity contribution >= 4 is 5.97 Å². The number of aromatic nitrogens is 2. The number of carboxylic acid groups (broad SMARTS) is 1. The number of benzene rings is 2. The van der Waals surface area contributed by atoms with Gasteiger partial charge in [0.2, 0.25) is 5.60 Å². The Kier molecular flexibility index (Phi) is 7.77. The standard InChI is InChI=1S/C25H27N3O8/c1-16-12-28(24(32)27-21(16)29)22-19(36-26)20(34-14-18-10-6-3-7-11-18)25(35-22,23(30)31)15-33-13-17-8-4-2-5-9-17/h2-12,19-20,22H,13-15,26H2,1H3,(H,30,31)(H,27,29,32)/t19-,20+,22-,25-/m1/s1. The molecule has 1 aromatic heterocycles. The summed E-state index contributed by atoms with van der Waals surface area (Å²) in [4.78, 5) is 44.5. The predicted octanol–water partition coefficient (Wildman–Crippen LogP) is 1.26. The van der Waals surface area contributed by atoms with Crippen LogP contribution in [0.1, 0.15) is 22.9 Å². The molecule has 0 aliphatic carbocycles. The Morgan fingerprint density at radius 3 is 2.28 bits per heavy atom. The number of nitrogens with two attached hydrogens (primary N) is 1. The number of aryl methyl sites for hydroxylation is 1. The second-order valence-electron chi connectivity index (χ2n) is 8.48. The number of aliphatic carboxylic acids is 1. The molecule has 0 radical (unpaired) electrons. The summed E-state index contributed by atoms with van der Waals surface area (Å²) < 4.78 is 18.9. The minimum Gasteiger partial charge on any atom is -0.479 e. The first-order valence-electron chi connectivity index (χ1n) is 11.2. The van der Waals surface area contributed by atoms with E-state index in [1.54, 1.807) is 0 Å². The quantitative estimate of drug-likeness (QED) is 0.351. The van der Waals surface area contributed by atoms with E-state index in [2.05, 4.69) is 4.98 Å². The molecular weight excluding hydrogens is 470 g/mol. The van der Waals surface area contributed by atoms with Crippen LogP contribution in [0.5, 0.6) is 0 Å². The molecule has 11 nitrogen and oxygen atoms in total. The average Bonchev–Trinajstić information content (AvgIpc) is 3.20. The second kappa shape index (κ2) is 11.0. The van der Waals surface area contributed by atoms with Crippen LogP contribution in [0.2, 0.25) is 0 Å². The number of ether oxygens (including phenoxy) is 3. The van der Waals surface area contributed by atoms with Gasteiger partial charge in [0.15, 0.2) is 12.3 Å². The van der Waals surface area contributed by atoms with Crippen LogP contribution in [0.4, 0.5) is 0 Å². The number of carboxylic acids is 1. The van der Waals surface area contributed by atoms with Crippen molar-refractivity contribution in [2.45, 2.75) is 44.2 Å². The summed E-state index contributed by atoms with van der Waals surface area (Å²) in [5, 5.41) is 10.3. The van der Waals surface area contributed by atoms with Gasteiger partial charge in [0.25, 0.3) is 5.56 Å². The normalized spacial score (nSPS) is 23.6. The highest BCUT2D eigenvalue weighted by Crippen LogP contribution is 2.41. The fourth-order valence-corrected chi connectivity index (χ4v) is 4.13. The van der Waals surface area contributed by atoms with Gasteiger partial charge in [0, 0.05) is 11.8 Å². The lowest BCUT2D eigenvalue weighted by Gasteiger charge is -2.30. The van der Waals surface area contributed by atoms with Crippen molar-refractivity contribution in [3.63, 3.8) is 0 Å². The van der Waals surface area contributed by atoms with Crippen LogP contribution in [0, 0.1) is 6.92 Å². The van der Waals surface area contributed by atoms with Gasteiger partial charge in [-0.3, -0.25) is 19.2 Å². The maximum absolute atomic E-state index is 12.7. The molecule has 36 heavy (non-hydrogen) atoms. The van der Waals surface area contributed by atoms with Gasteiger partial charge in [0.1, 0.15) is 6.10 Å². The van der Waals surface area contributed by atoms with E-state index in [4.69, 9.17) is 24.9 Å². The molecule has 0 spiro atoms. The first-order valence-corrected chi connectivity index (χ1v) is 11.2. The topological polar surface area (TPSA) is 155 Å². The highest BCUT2D eigenvalue weighted by molar-refractivity contribution is 5.79. The Morgan fingerprint density at radius 1 is 1.08 bits per heavy atom. The maximum Gasteiger partial charge on any atom is 0.341 e. The summed E-state index contributed by atoms with van der Waals surface area (Å²) in [7, 11) is 0. The molecule has 4 atom stereocenters. The molecule has 11 heteroatoms. The number of hydrogen-bond acceptors (Lipinski definition) is 8. The summed E-state index contributed by atoms with van der Waals surface area (Å²) in [5.74, 6) is 4.22. The number of nitrogens with one attached hydrogen (secondary N) is 1. The zero-order valence-electron chi connectivity index (χ0n) is 19.5. The SMILES string of the molecule is Cc1cn([C@@H]2O[C@@](COCc3ccccc3)(C(=O)O)[C@@H](OCc3ccccc3)[C@H]2ON)c(=O)[nH]c1=O. The van der Waals surface area contributed by atoms with E-state index >= 15 is 0 Å². The van der Waals surface area contributed by atoms with E-state index in [0.29, 0.717) is 0 Å². The Labute approximate surface area is 206 Å². The van der Waals surface area contributed by atoms with Crippen LogP contribution in [0.15, 0.2) is 76.4 Å². The molecule has 4 N–H and O–H groups in total.